The molecule has 0 radical (unpaired) electrons. The van der Waals surface area contributed by atoms with Crippen LogP contribution in [0, 0.1) is 18.7 Å². The van der Waals surface area contributed by atoms with Crippen LogP contribution in [0.25, 0.3) is 11.0 Å². The minimum atomic E-state index is -3.67. The lowest BCUT2D eigenvalue weighted by molar-refractivity contribution is -0.121. The Kier molecular flexibility index (Phi) is 6.11. The number of fused-ring (bicyclic) bond motifs is 1. The van der Waals surface area contributed by atoms with E-state index in [1.807, 2.05) is 6.92 Å². The molecule has 0 saturated carbocycles. The lowest BCUT2D eigenvalue weighted by atomic mass is 10.0. The molecule has 1 amide bonds. The number of piperidine rings is 1. The van der Waals surface area contributed by atoms with Crippen molar-refractivity contribution >= 4 is 32.7 Å². The number of hydrogen-bond donors (Lipinski definition) is 1. The predicted molar refractivity (Wildman–Crippen MR) is 116 cm³/mol. The molecule has 2 heterocycles. The highest BCUT2D eigenvalue weighted by atomic mass is 32.2. The van der Waals surface area contributed by atoms with Gasteiger partial charge in [-0.25, -0.2) is 12.8 Å². The van der Waals surface area contributed by atoms with Crippen LogP contribution in [0.5, 0.6) is 0 Å². The van der Waals surface area contributed by atoms with E-state index in [1.165, 1.54) is 28.6 Å². The monoisotopic (exact) mass is 461 g/mol. The van der Waals surface area contributed by atoms with Crippen LogP contribution in [-0.4, -0.2) is 53.5 Å². The Labute approximate surface area is 185 Å². The van der Waals surface area contributed by atoms with Crippen molar-refractivity contribution in [2.24, 2.45) is 5.92 Å². The number of nitrogens with one attached hydrogen (secondary N) is 1. The number of amides is 1. The van der Waals surface area contributed by atoms with Gasteiger partial charge in [-0.1, -0.05) is 17.8 Å². The Bertz CT molecular complexity index is 1260. The van der Waals surface area contributed by atoms with Crippen molar-refractivity contribution in [1.29, 1.82) is 0 Å². The van der Waals surface area contributed by atoms with Crippen molar-refractivity contribution in [3.05, 3.63) is 47.8 Å². The van der Waals surface area contributed by atoms with Gasteiger partial charge in [0.15, 0.2) is 6.61 Å². The van der Waals surface area contributed by atoms with Crippen LogP contribution < -0.4 is 10.2 Å². The van der Waals surface area contributed by atoms with Gasteiger partial charge < -0.3 is 10.2 Å². The summed E-state index contributed by atoms with van der Waals surface area (Å²) in [5.41, 5.74) is 1.79. The van der Waals surface area contributed by atoms with Gasteiger partial charge in [0.25, 0.3) is 5.91 Å². The topological polar surface area (TPSA) is 106 Å². The van der Waals surface area contributed by atoms with Crippen LogP contribution >= 0.6 is 0 Å². The lowest BCUT2D eigenvalue weighted by Crippen LogP contribution is -2.39. The minimum Gasteiger partial charge on any atom is -0.385 e. The number of benzene rings is 2. The summed E-state index contributed by atoms with van der Waals surface area (Å²) in [4.78, 5) is 18.8. The second kappa shape index (κ2) is 8.83. The Morgan fingerprint density at radius 2 is 2.09 bits per heavy atom. The van der Waals surface area contributed by atoms with E-state index in [9.17, 15) is 17.6 Å². The average Bonchev–Trinajstić information content (AvgIpc) is 3.17. The molecule has 0 spiro atoms. The molecular formula is C21H24FN5O4S. The second-order valence-corrected chi connectivity index (χ2v) is 9.94. The maximum atomic E-state index is 13.4. The third kappa shape index (κ3) is 4.58. The highest BCUT2D eigenvalue weighted by molar-refractivity contribution is 7.89. The maximum Gasteiger partial charge on any atom is 0.265 e. The van der Waals surface area contributed by atoms with Crippen LogP contribution in [0.3, 0.4) is 0 Å². The predicted octanol–water partition coefficient (Wildman–Crippen LogP) is 2.37. The van der Waals surface area contributed by atoms with Crippen LogP contribution in [0.15, 0.2) is 41.3 Å². The number of nitrogens with zero attached hydrogens (tertiary/aromatic N) is 4. The van der Waals surface area contributed by atoms with E-state index in [4.69, 9.17) is 4.84 Å². The summed E-state index contributed by atoms with van der Waals surface area (Å²) in [6.45, 7) is 4.32. The number of rotatable bonds is 6. The number of anilines is 1. The largest absolute Gasteiger partial charge is 0.385 e. The first-order chi connectivity index (χ1) is 15.2. The molecule has 9 nitrogen and oxygen atoms in total. The van der Waals surface area contributed by atoms with E-state index in [2.05, 4.69) is 15.6 Å². The molecule has 32 heavy (non-hydrogen) atoms. The van der Waals surface area contributed by atoms with Crippen molar-refractivity contribution in [2.45, 2.75) is 31.6 Å². The van der Waals surface area contributed by atoms with E-state index < -0.39 is 28.4 Å². The van der Waals surface area contributed by atoms with Crippen molar-refractivity contribution in [3.8, 4) is 0 Å². The number of aromatic nitrogens is 3. The van der Waals surface area contributed by atoms with Crippen LogP contribution in [0.2, 0.25) is 0 Å². The van der Waals surface area contributed by atoms with E-state index in [0.29, 0.717) is 41.3 Å². The SMILES string of the molecule is Cc1ccc(F)cc1NC(=O)COn1nnc2ccc(S(=O)(=O)N3CCCC(C)C3)cc21. The van der Waals surface area contributed by atoms with Crippen molar-refractivity contribution in [3.63, 3.8) is 0 Å². The first-order valence-electron chi connectivity index (χ1n) is 10.3. The molecule has 4 rings (SSSR count). The summed E-state index contributed by atoms with van der Waals surface area (Å²) in [5, 5.41) is 10.4. The fraction of sp³-hybridized carbons (Fsp3) is 0.381. The summed E-state index contributed by atoms with van der Waals surface area (Å²) in [6.07, 6.45) is 1.83. The maximum absolute atomic E-state index is 13.4. The molecular weight excluding hydrogens is 437 g/mol. The second-order valence-electron chi connectivity index (χ2n) is 8.00. The molecule has 1 aliphatic heterocycles. The molecule has 2 aromatic carbocycles. The summed E-state index contributed by atoms with van der Waals surface area (Å²) in [6, 6.07) is 8.57. The average molecular weight is 462 g/mol. The Morgan fingerprint density at radius 1 is 1.28 bits per heavy atom. The fourth-order valence-electron chi connectivity index (χ4n) is 3.68. The number of carbonyl (C=O) groups is 1. The van der Waals surface area contributed by atoms with Crippen molar-refractivity contribution in [1.82, 2.24) is 19.5 Å². The zero-order valence-corrected chi connectivity index (χ0v) is 18.6. The number of aryl methyl sites for hydroxylation is 1. The third-order valence-corrected chi connectivity index (χ3v) is 7.30. The Balaban J connectivity index is 1.50. The van der Waals surface area contributed by atoms with E-state index in [1.54, 1.807) is 19.1 Å². The van der Waals surface area contributed by atoms with Crippen LogP contribution in [0.4, 0.5) is 10.1 Å². The number of hydrogen-bond acceptors (Lipinski definition) is 6. The van der Waals surface area contributed by atoms with Gasteiger partial charge in [0, 0.05) is 18.8 Å². The highest BCUT2D eigenvalue weighted by Gasteiger charge is 2.29. The zero-order chi connectivity index (χ0) is 22.9. The summed E-state index contributed by atoms with van der Waals surface area (Å²) < 4.78 is 41.1. The van der Waals surface area contributed by atoms with Crippen LogP contribution in [0.1, 0.15) is 25.3 Å². The summed E-state index contributed by atoms with van der Waals surface area (Å²) >= 11 is 0. The molecule has 170 valence electrons. The Hall–Kier alpha value is -3.05. The molecule has 0 aliphatic carbocycles. The summed E-state index contributed by atoms with van der Waals surface area (Å²) in [7, 11) is -3.67. The number of halogens is 1. The Morgan fingerprint density at radius 3 is 2.88 bits per heavy atom. The first kappa shape index (κ1) is 22.2. The molecule has 1 N–H and O–H groups in total. The van der Waals surface area contributed by atoms with E-state index in [0.717, 1.165) is 17.7 Å². The summed E-state index contributed by atoms with van der Waals surface area (Å²) in [5.74, 6) is -0.683. The van der Waals surface area contributed by atoms with Crippen molar-refractivity contribution < 1.29 is 22.4 Å². The molecule has 1 saturated heterocycles. The number of carbonyl (C=O) groups excluding carboxylic acids is 1. The molecule has 1 aliphatic rings. The van der Waals surface area contributed by atoms with Crippen LogP contribution in [-0.2, 0) is 14.8 Å². The van der Waals surface area contributed by atoms with Gasteiger partial charge in [-0.3, -0.25) is 4.79 Å². The third-order valence-electron chi connectivity index (χ3n) is 5.44. The van der Waals surface area contributed by atoms with Gasteiger partial charge in [-0.2, -0.15) is 4.31 Å². The van der Waals surface area contributed by atoms with Gasteiger partial charge in [0.1, 0.15) is 16.9 Å². The standard InChI is InChI=1S/C21H24FN5O4S/c1-14-4-3-9-26(12-14)32(29,30)17-7-8-18-20(11-17)27(25-24-18)31-13-21(28)23-19-10-16(22)6-5-15(19)2/h5-8,10-11,14H,3-4,9,12-13H2,1-2H3,(H,23,28). The normalized spacial score (nSPS) is 17.4. The lowest BCUT2D eigenvalue weighted by Gasteiger charge is -2.30. The van der Waals surface area contributed by atoms with Gasteiger partial charge in [-0.05, 0) is 66.8 Å². The molecule has 3 aromatic rings. The van der Waals surface area contributed by atoms with Gasteiger partial charge in [0.05, 0.1) is 4.90 Å². The first-order valence-corrected chi connectivity index (χ1v) is 11.7. The molecule has 11 heteroatoms. The zero-order valence-electron chi connectivity index (χ0n) is 17.8. The van der Waals surface area contributed by atoms with Gasteiger partial charge in [-0.15, -0.1) is 5.10 Å². The smallest absolute Gasteiger partial charge is 0.265 e. The molecule has 0 bridgehead atoms. The molecule has 1 atom stereocenters. The van der Waals surface area contributed by atoms with E-state index >= 15 is 0 Å². The van der Waals surface area contributed by atoms with E-state index in [-0.39, 0.29) is 4.90 Å². The van der Waals surface area contributed by atoms with Gasteiger partial charge >= 0.3 is 0 Å². The quantitative estimate of drug-likeness (QED) is 0.604. The minimum absolute atomic E-state index is 0.117. The molecule has 1 fully saturated rings. The van der Waals surface area contributed by atoms with Gasteiger partial charge in [0.2, 0.25) is 10.0 Å². The van der Waals surface area contributed by atoms with Crippen molar-refractivity contribution in [2.75, 3.05) is 25.0 Å². The number of sulfonamides is 1. The molecule has 1 unspecified atom stereocenters. The molecule has 1 aromatic heterocycles. The highest BCUT2D eigenvalue weighted by Crippen LogP contribution is 2.25. The fourth-order valence-corrected chi connectivity index (χ4v) is 5.30.